The monoisotopic (exact) mass is 492 g/mol. The van der Waals surface area contributed by atoms with E-state index in [0.29, 0.717) is 6.07 Å². The Balaban J connectivity index is 2.06. The number of ether oxygens (including phenoxy) is 1. The van der Waals surface area contributed by atoms with Gasteiger partial charge in [-0.05, 0) is 36.2 Å². The largest absolute Gasteiger partial charge is 0.454 e. The third-order valence-electron chi connectivity index (χ3n) is 4.16. The van der Waals surface area contributed by atoms with E-state index in [1.807, 2.05) is 5.32 Å². The van der Waals surface area contributed by atoms with E-state index in [9.17, 15) is 31.2 Å². The Morgan fingerprint density at radius 2 is 1.72 bits per heavy atom. The maximum absolute atomic E-state index is 13.1. The molecule has 0 spiro atoms. The summed E-state index contributed by atoms with van der Waals surface area (Å²) in [6, 6.07) is 8.76. The Kier molecular flexibility index (Phi) is 8.27. The number of anilines is 1. The van der Waals surface area contributed by atoms with E-state index in [1.165, 1.54) is 24.3 Å². The van der Waals surface area contributed by atoms with Gasteiger partial charge in [0.15, 0.2) is 6.61 Å². The molecule has 2 aromatic carbocycles. The molecule has 0 aromatic heterocycles. The minimum Gasteiger partial charge on any atom is -0.454 e. The van der Waals surface area contributed by atoms with Crippen molar-refractivity contribution in [3.8, 4) is 0 Å². The van der Waals surface area contributed by atoms with Crippen molar-refractivity contribution in [2.24, 2.45) is 5.92 Å². The molecule has 0 fully saturated rings. The first kappa shape index (κ1) is 25.6. The Morgan fingerprint density at radius 1 is 1.09 bits per heavy atom. The highest BCUT2D eigenvalue weighted by atomic mass is 35.5. The number of hydrogen-bond donors (Lipinski definition) is 2. The summed E-state index contributed by atoms with van der Waals surface area (Å²) in [5.74, 6) is -2.64. The molecule has 12 heteroatoms. The van der Waals surface area contributed by atoms with Crippen molar-refractivity contribution in [2.75, 3.05) is 11.9 Å². The van der Waals surface area contributed by atoms with Crippen molar-refractivity contribution in [2.45, 2.75) is 31.0 Å². The second-order valence-corrected chi connectivity index (χ2v) is 9.15. The standard InChI is InChI=1S/C20H20ClF3N2O5S/c1-12(2)18(26-32(29,30)14-6-4-3-5-7-14)19(28)31-11-17(27)25-16-9-8-13(21)10-15(16)20(22,23)24/h3-10,12,18,26H,11H2,1-2H3,(H,25,27). The molecular formula is C20H20ClF3N2O5S. The van der Waals surface area contributed by atoms with Crippen molar-refractivity contribution in [1.29, 1.82) is 0 Å². The number of hydrogen-bond acceptors (Lipinski definition) is 5. The highest BCUT2D eigenvalue weighted by molar-refractivity contribution is 7.89. The lowest BCUT2D eigenvalue weighted by atomic mass is 10.1. The average molecular weight is 493 g/mol. The van der Waals surface area contributed by atoms with E-state index >= 15 is 0 Å². The Bertz CT molecular complexity index is 1080. The molecule has 32 heavy (non-hydrogen) atoms. The van der Waals surface area contributed by atoms with Gasteiger partial charge in [0.2, 0.25) is 10.0 Å². The van der Waals surface area contributed by atoms with Crippen LogP contribution in [0.15, 0.2) is 53.4 Å². The molecule has 174 valence electrons. The van der Waals surface area contributed by atoms with Crippen LogP contribution < -0.4 is 10.0 Å². The fraction of sp³-hybridized carbons (Fsp3) is 0.300. The summed E-state index contributed by atoms with van der Waals surface area (Å²) in [5, 5.41) is 1.83. The average Bonchev–Trinajstić information content (AvgIpc) is 2.71. The predicted octanol–water partition coefficient (Wildman–Crippen LogP) is 3.84. The molecule has 7 nitrogen and oxygen atoms in total. The van der Waals surface area contributed by atoms with Crippen molar-refractivity contribution >= 4 is 39.2 Å². The van der Waals surface area contributed by atoms with Crippen LogP contribution in [-0.2, 0) is 30.5 Å². The van der Waals surface area contributed by atoms with E-state index in [-0.39, 0.29) is 9.92 Å². The number of carbonyl (C=O) groups excluding carboxylic acids is 2. The lowest BCUT2D eigenvalue weighted by Crippen LogP contribution is -2.45. The second-order valence-electron chi connectivity index (χ2n) is 7.00. The van der Waals surface area contributed by atoms with Crippen LogP contribution in [0.3, 0.4) is 0 Å². The van der Waals surface area contributed by atoms with Gasteiger partial charge < -0.3 is 10.1 Å². The number of carbonyl (C=O) groups is 2. The summed E-state index contributed by atoms with van der Waals surface area (Å²) < 4.78 is 71.4. The molecule has 0 saturated heterocycles. The topological polar surface area (TPSA) is 102 Å². The SMILES string of the molecule is CC(C)C(NS(=O)(=O)c1ccccc1)C(=O)OCC(=O)Nc1ccc(Cl)cc1C(F)(F)F. The van der Waals surface area contributed by atoms with Crippen molar-refractivity contribution in [3.63, 3.8) is 0 Å². The van der Waals surface area contributed by atoms with Crippen LogP contribution in [-0.4, -0.2) is 32.9 Å². The summed E-state index contributed by atoms with van der Waals surface area (Å²) in [6.45, 7) is 2.20. The maximum atomic E-state index is 13.1. The minimum absolute atomic E-state index is 0.0707. The van der Waals surface area contributed by atoms with Gasteiger partial charge in [0.1, 0.15) is 6.04 Å². The van der Waals surface area contributed by atoms with Crippen LogP contribution in [0.4, 0.5) is 18.9 Å². The van der Waals surface area contributed by atoms with E-state index in [0.717, 1.165) is 12.1 Å². The number of rotatable bonds is 8. The Morgan fingerprint density at radius 3 is 2.28 bits per heavy atom. The van der Waals surface area contributed by atoms with Crippen LogP contribution in [0.5, 0.6) is 0 Å². The van der Waals surface area contributed by atoms with Crippen LogP contribution >= 0.6 is 11.6 Å². The molecule has 0 aliphatic carbocycles. The zero-order chi connectivity index (χ0) is 24.1. The molecule has 0 saturated carbocycles. The quantitative estimate of drug-likeness (QED) is 0.545. The van der Waals surface area contributed by atoms with Gasteiger partial charge >= 0.3 is 12.1 Å². The molecule has 2 aromatic rings. The number of benzene rings is 2. The van der Waals surface area contributed by atoms with Crippen molar-refractivity contribution in [3.05, 3.63) is 59.1 Å². The van der Waals surface area contributed by atoms with E-state index in [2.05, 4.69) is 4.72 Å². The zero-order valence-electron chi connectivity index (χ0n) is 16.9. The Hall–Kier alpha value is -2.63. The molecule has 2 N–H and O–H groups in total. The van der Waals surface area contributed by atoms with Gasteiger partial charge in [-0.2, -0.15) is 17.9 Å². The van der Waals surface area contributed by atoms with Crippen molar-refractivity contribution in [1.82, 2.24) is 4.72 Å². The molecular weight excluding hydrogens is 473 g/mol. The lowest BCUT2D eigenvalue weighted by Gasteiger charge is -2.21. The smallest absolute Gasteiger partial charge is 0.418 e. The number of alkyl halides is 3. The summed E-state index contributed by atoms with van der Waals surface area (Å²) in [6.07, 6.45) is -4.78. The predicted molar refractivity (Wildman–Crippen MR) is 111 cm³/mol. The first-order chi connectivity index (χ1) is 14.8. The first-order valence-corrected chi connectivity index (χ1v) is 11.1. The number of sulfonamides is 1. The van der Waals surface area contributed by atoms with Crippen LogP contribution in [0.2, 0.25) is 5.02 Å². The van der Waals surface area contributed by atoms with Crippen LogP contribution in [0, 0.1) is 5.92 Å². The van der Waals surface area contributed by atoms with E-state index < -0.39 is 57.9 Å². The van der Waals surface area contributed by atoms with Gasteiger partial charge in [-0.3, -0.25) is 9.59 Å². The highest BCUT2D eigenvalue weighted by Crippen LogP contribution is 2.36. The molecule has 1 atom stereocenters. The lowest BCUT2D eigenvalue weighted by molar-refractivity contribution is -0.150. The number of halogens is 4. The van der Waals surface area contributed by atoms with Crippen LogP contribution in [0.1, 0.15) is 19.4 Å². The van der Waals surface area contributed by atoms with Gasteiger partial charge in [0.05, 0.1) is 16.1 Å². The third kappa shape index (κ3) is 6.94. The number of nitrogens with one attached hydrogen (secondary N) is 2. The molecule has 0 aliphatic rings. The normalized spacial score (nSPS) is 13.0. The van der Waals surface area contributed by atoms with Gasteiger partial charge in [0.25, 0.3) is 5.91 Å². The molecule has 2 rings (SSSR count). The fourth-order valence-electron chi connectivity index (χ4n) is 2.56. The van der Waals surface area contributed by atoms with Gasteiger partial charge in [-0.25, -0.2) is 8.42 Å². The summed E-state index contributed by atoms with van der Waals surface area (Å²) in [7, 11) is -4.05. The number of amides is 1. The number of esters is 1. The highest BCUT2D eigenvalue weighted by Gasteiger charge is 2.34. The van der Waals surface area contributed by atoms with Crippen LogP contribution in [0.25, 0.3) is 0 Å². The summed E-state index contributed by atoms with van der Waals surface area (Å²) in [4.78, 5) is 24.4. The maximum Gasteiger partial charge on any atom is 0.418 e. The van der Waals surface area contributed by atoms with Gasteiger partial charge in [0, 0.05) is 5.02 Å². The first-order valence-electron chi connectivity index (χ1n) is 9.22. The van der Waals surface area contributed by atoms with Crippen molar-refractivity contribution < 1.29 is 35.9 Å². The minimum atomic E-state index is -4.78. The van der Waals surface area contributed by atoms with E-state index in [1.54, 1.807) is 19.9 Å². The summed E-state index contributed by atoms with van der Waals surface area (Å²) >= 11 is 5.59. The zero-order valence-corrected chi connectivity index (χ0v) is 18.5. The third-order valence-corrected chi connectivity index (χ3v) is 5.85. The second kappa shape index (κ2) is 10.3. The fourth-order valence-corrected chi connectivity index (χ4v) is 4.09. The molecule has 0 heterocycles. The molecule has 0 bridgehead atoms. The molecule has 0 aliphatic heterocycles. The van der Waals surface area contributed by atoms with E-state index in [4.69, 9.17) is 16.3 Å². The van der Waals surface area contributed by atoms with Gasteiger partial charge in [-0.1, -0.05) is 43.6 Å². The summed E-state index contributed by atoms with van der Waals surface area (Å²) in [5.41, 5.74) is -1.73. The molecule has 0 radical (unpaired) electrons. The molecule has 1 unspecified atom stereocenters. The molecule has 1 amide bonds. The Labute approximate surface area is 188 Å². The van der Waals surface area contributed by atoms with Gasteiger partial charge in [-0.15, -0.1) is 0 Å².